The van der Waals surface area contributed by atoms with Crippen molar-refractivity contribution >= 4 is 0 Å². The second-order valence-corrected chi connectivity index (χ2v) is 3.81. The van der Waals surface area contributed by atoms with Crippen LogP contribution in [-0.4, -0.2) is 25.7 Å². The van der Waals surface area contributed by atoms with E-state index < -0.39 is 0 Å². The molecule has 1 aliphatic heterocycles. The monoisotopic (exact) mass is 154 g/mol. The molecule has 1 saturated carbocycles. The fraction of sp³-hybridized carbons (Fsp3) is 1.00. The summed E-state index contributed by atoms with van der Waals surface area (Å²) >= 11 is 0. The van der Waals surface area contributed by atoms with Crippen LogP contribution in [0.5, 0.6) is 0 Å². The predicted molar refractivity (Wildman–Crippen MR) is 46.6 cm³/mol. The molecule has 0 aromatic carbocycles. The van der Waals surface area contributed by atoms with Crippen LogP contribution in [0, 0.1) is 5.92 Å². The first-order valence-corrected chi connectivity index (χ1v) is 4.91. The number of piperazine rings is 1. The van der Waals surface area contributed by atoms with Gasteiger partial charge in [-0.05, 0) is 18.8 Å². The molecular formula is C9H18N2. The van der Waals surface area contributed by atoms with Gasteiger partial charge in [0.1, 0.15) is 0 Å². The lowest BCUT2D eigenvalue weighted by atomic mass is 9.97. The second kappa shape index (κ2) is 3.55. The van der Waals surface area contributed by atoms with Gasteiger partial charge in [-0.25, -0.2) is 0 Å². The van der Waals surface area contributed by atoms with Crippen LogP contribution in [0.1, 0.15) is 25.7 Å². The molecule has 1 atom stereocenters. The van der Waals surface area contributed by atoms with E-state index in [1.165, 1.54) is 38.8 Å². The Morgan fingerprint density at radius 1 is 1.00 bits per heavy atom. The minimum atomic E-state index is 0.784. The molecule has 2 fully saturated rings. The third-order valence-electron chi connectivity index (χ3n) is 3.04. The molecule has 0 amide bonds. The average molecular weight is 154 g/mol. The van der Waals surface area contributed by atoms with Crippen molar-refractivity contribution in [1.29, 1.82) is 0 Å². The molecule has 0 radical (unpaired) electrons. The van der Waals surface area contributed by atoms with Crippen molar-refractivity contribution in [1.82, 2.24) is 10.6 Å². The Morgan fingerprint density at radius 3 is 2.45 bits per heavy atom. The SMILES string of the molecule is C1CCC([C@H]2CNCCN2)C1. The van der Waals surface area contributed by atoms with Gasteiger partial charge in [0.05, 0.1) is 0 Å². The molecule has 2 aliphatic rings. The Kier molecular flexibility index (Phi) is 2.44. The van der Waals surface area contributed by atoms with Gasteiger partial charge < -0.3 is 10.6 Å². The van der Waals surface area contributed by atoms with E-state index in [0.29, 0.717) is 0 Å². The molecule has 0 spiro atoms. The normalized spacial score (nSPS) is 34.4. The fourth-order valence-corrected chi connectivity index (χ4v) is 2.37. The second-order valence-electron chi connectivity index (χ2n) is 3.81. The Hall–Kier alpha value is -0.0800. The lowest BCUT2D eigenvalue weighted by Gasteiger charge is -2.29. The van der Waals surface area contributed by atoms with Crippen molar-refractivity contribution in [3.05, 3.63) is 0 Å². The van der Waals surface area contributed by atoms with Gasteiger partial charge in [0.25, 0.3) is 0 Å². The van der Waals surface area contributed by atoms with E-state index in [1.807, 2.05) is 0 Å². The molecule has 0 aromatic rings. The van der Waals surface area contributed by atoms with Crippen molar-refractivity contribution < 1.29 is 0 Å². The Labute approximate surface area is 68.7 Å². The summed E-state index contributed by atoms with van der Waals surface area (Å²) in [6.07, 6.45) is 5.84. The highest BCUT2D eigenvalue weighted by Crippen LogP contribution is 2.27. The summed E-state index contributed by atoms with van der Waals surface area (Å²) in [7, 11) is 0. The number of rotatable bonds is 1. The number of hydrogen-bond donors (Lipinski definition) is 2. The summed E-state index contributed by atoms with van der Waals surface area (Å²) in [5.74, 6) is 0.975. The van der Waals surface area contributed by atoms with Crippen LogP contribution in [-0.2, 0) is 0 Å². The van der Waals surface area contributed by atoms with Gasteiger partial charge in [-0.2, -0.15) is 0 Å². The van der Waals surface area contributed by atoms with Crippen molar-refractivity contribution in [2.45, 2.75) is 31.7 Å². The zero-order valence-electron chi connectivity index (χ0n) is 7.10. The quantitative estimate of drug-likeness (QED) is 0.582. The van der Waals surface area contributed by atoms with Crippen LogP contribution in [0.2, 0.25) is 0 Å². The van der Waals surface area contributed by atoms with Crippen molar-refractivity contribution in [2.24, 2.45) is 5.92 Å². The minimum absolute atomic E-state index is 0.784. The first-order chi connectivity index (χ1) is 5.47. The van der Waals surface area contributed by atoms with E-state index in [-0.39, 0.29) is 0 Å². The smallest absolute Gasteiger partial charge is 0.0221 e. The van der Waals surface area contributed by atoms with Crippen molar-refractivity contribution in [2.75, 3.05) is 19.6 Å². The Balaban J connectivity index is 1.82. The Morgan fingerprint density at radius 2 is 1.82 bits per heavy atom. The largest absolute Gasteiger partial charge is 0.314 e. The van der Waals surface area contributed by atoms with E-state index in [9.17, 15) is 0 Å². The molecule has 2 rings (SSSR count). The highest BCUT2D eigenvalue weighted by atomic mass is 15.1. The standard InChI is InChI=1S/C9H18N2/c1-2-4-8(3-1)9-7-10-5-6-11-9/h8-11H,1-7H2/t9-/m1/s1. The minimum Gasteiger partial charge on any atom is -0.314 e. The van der Waals surface area contributed by atoms with E-state index >= 15 is 0 Å². The highest BCUT2D eigenvalue weighted by Gasteiger charge is 2.25. The van der Waals surface area contributed by atoms with E-state index in [2.05, 4.69) is 10.6 Å². The zero-order chi connectivity index (χ0) is 7.52. The molecule has 1 heterocycles. The van der Waals surface area contributed by atoms with Crippen LogP contribution in [0.4, 0.5) is 0 Å². The average Bonchev–Trinajstić information content (AvgIpc) is 2.58. The van der Waals surface area contributed by atoms with Gasteiger partial charge in [0.2, 0.25) is 0 Å². The van der Waals surface area contributed by atoms with E-state index in [4.69, 9.17) is 0 Å². The zero-order valence-corrected chi connectivity index (χ0v) is 7.10. The summed E-state index contributed by atoms with van der Waals surface area (Å²) in [6, 6.07) is 0.784. The first-order valence-electron chi connectivity index (χ1n) is 4.91. The van der Waals surface area contributed by atoms with Crippen LogP contribution in [0.3, 0.4) is 0 Å². The molecule has 0 aromatic heterocycles. The molecule has 0 unspecified atom stereocenters. The van der Waals surface area contributed by atoms with Gasteiger partial charge in [0.15, 0.2) is 0 Å². The maximum atomic E-state index is 3.60. The molecule has 64 valence electrons. The van der Waals surface area contributed by atoms with Gasteiger partial charge in [-0.3, -0.25) is 0 Å². The molecule has 1 aliphatic carbocycles. The van der Waals surface area contributed by atoms with Gasteiger partial charge in [-0.15, -0.1) is 0 Å². The van der Waals surface area contributed by atoms with Gasteiger partial charge in [-0.1, -0.05) is 12.8 Å². The first kappa shape index (κ1) is 7.56. The van der Waals surface area contributed by atoms with Crippen LogP contribution in [0.25, 0.3) is 0 Å². The third-order valence-corrected chi connectivity index (χ3v) is 3.04. The molecule has 2 heteroatoms. The maximum absolute atomic E-state index is 3.60. The van der Waals surface area contributed by atoms with Crippen LogP contribution in [0.15, 0.2) is 0 Å². The molecule has 2 N–H and O–H groups in total. The van der Waals surface area contributed by atoms with Gasteiger partial charge in [0, 0.05) is 25.7 Å². The third kappa shape index (κ3) is 1.74. The number of hydrogen-bond acceptors (Lipinski definition) is 2. The molecule has 0 bridgehead atoms. The summed E-state index contributed by atoms with van der Waals surface area (Å²) < 4.78 is 0. The predicted octanol–water partition coefficient (Wildman–Crippen LogP) is 0.738. The van der Waals surface area contributed by atoms with Crippen LogP contribution < -0.4 is 10.6 Å². The lowest BCUT2D eigenvalue weighted by Crippen LogP contribution is -2.51. The van der Waals surface area contributed by atoms with E-state index in [0.717, 1.165) is 18.5 Å². The summed E-state index contributed by atoms with van der Waals surface area (Å²) in [4.78, 5) is 0. The molecule has 2 nitrogen and oxygen atoms in total. The van der Waals surface area contributed by atoms with Crippen molar-refractivity contribution in [3.8, 4) is 0 Å². The topological polar surface area (TPSA) is 24.1 Å². The number of nitrogens with one attached hydrogen (secondary N) is 2. The fourth-order valence-electron chi connectivity index (χ4n) is 2.37. The van der Waals surface area contributed by atoms with Crippen LogP contribution >= 0.6 is 0 Å². The summed E-state index contributed by atoms with van der Waals surface area (Å²) in [6.45, 7) is 3.52. The molecule has 11 heavy (non-hydrogen) atoms. The maximum Gasteiger partial charge on any atom is 0.0221 e. The van der Waals surface area contributed by atoms with Crippen molar-refractivity contribution in [3.63, 3.8) is 0 Å². The molecule has 1 saturated heterocycles. The highest BCUT2D eigenvalue weighted by molar-refractivity contribution is 4.84. The van der Waals surface area contributed by atoms with E-state index in [1.54, 1.807) is 0 Å². The molecular weight excluding hydrogens is 136 g/mol. The lowest BCUT2D eigenvalue weighted by molar-refractivity contribution is 0.313. The summed E-state index contributed by atoms with van der Waals surface area (Å²) in [5, 5.41) is 7.05. The van der Waals surface area contributed by atoms with Gasteiger partial charge >= 0.3 is 0 Å². The Bertz CT molecular complexity index is 113. The summed E-state index contributed by atoms with van der Waals surface area (Å²) in [5.41, 5.74) is 0.